The van der Waals surface area contributed by atoms with Crippen molar-refractivity contribution in [3.05, 3.63) is 0 Å². The van der Waals surface area contributed by atoms with Gasteiger partial charge in [-0.25, -0.2) is 0 Å². The van der Waals surface area contributed by atoms with Gasteiger partial charge in [0, 0.05) is 37.8 Å². The molecule has 0 aromatic heterocycles. The van der Waals surface area contributed by atoms with Gasteiger partial charge in [-0.15, -0.1) is 0 Å². The Morgan fingerprint density at radius 2 is 1.62 bits per heavy atom. The lowest BCUT2D eigenvalue weighted by molar-refractivity contribution is 0.0273. The van der Waals surface area contributed by atoms with E-state index in [1.54, 1.807) is 0 Å². The largest absolute Gasteiger partial charge is 0.314 e. The van der Waals surface area contributed by atoms with Crippen molar-refractivity contribution in [3.63, 3.8) is 0 Å². The molecule has 1 heterocycles. The van der Waals surface area contributed by atoms with E-state index >= 15 is 0 Å². The maximum atomic E-state index is 3.78. The predicted octanol–water partition coefficient (Wildman–Crippen LogP) is 2.67. The molecule has 1 saturated carbocycles. The van der Waals surface area contributed by atoms with Gasteiger partial charge in [0.1, 0.15) is 0 Å². The van der Waals surface area contributed by atoms with Gasteiger partial charge in [0.25, 0.3) is 0 Å². The zero-order valence-electron chi connectivity index (χ0n) is 15.1. The van der Waals surface area contributed by atoms with Crippen molar-refractivity contribution >= 4 is 0 Å². The van der Waals surface area contributed by atoms with Gasteiger partial charge in [0.05, 0.1) is 0 Å². The van der Waals surface area contributed by atoms with Crippen LogP contribution in [-0.4, -0.2) is 61.2 Å². The van der Waals surface area contributed by atoms with Gasteiger partial charge >= 0.3 is 0 Å². The molecule has 0 spiro atoms. The molecule has 0 aromatic rings. The highest BCUT2D eigenvalue weighted by molar-refractivity contribution is 4.91. The van der Waals surface area contributed by atoms with Gasteiger partial charge in [-0.2, -0.15) is 0 Å². The minimum Gasteiger partial charge on any atom is -0.314 e. The van der Waals surface area contributed by atoms with Crippen molar-refractivity contribution in [1.29, 1.82) is 0 Å². The van der Waals surface area contributed by atoms with Crippen molar-refractivity contribution in [2.24, 2.45) is 17.8 Å². The summed E-state index contributed by atoms with van der Waals surface area (Å²) in [5, 5.41) is 3.78. The highest BCUT2D eigenvalue weighted by Gasteiger charge is 2.36. The second kappa shape index (κ2) is 7.43. The van der Waals surface area contributed by atoms with Crippen LogP contribution in [0.3, 0.4) is 0 Å². The van der Waals surface area contributed by atoms with Crippen molar-refractivity contribution in [1.82, 2.24) is 15.1 Å². The molecule has 2 rings (SSSR count). The first kappa shape index (κ1) is 17.2. The summed E-state index contributed by atoms with van der Waals surface area (Å²) in [5.74, 6) is 2.55. The lowest BCUT2D eigenvalue weighted by atomic mass is 9.72. The number of hydrogen-bond donors (Lipinski definition) is 1. The monoisotopic (exact) mass is 295 g/mol. The van der Waals surface area contributed by atoms with Crippen molar-refractivity contribution in [3.8, 4) is 0 Å². The van der Waals surface area contributed by atoms with Crippen LogP contribution in [-0.2, 0) is 0 Å². The second-order valence-electron chi connectivity index (χ2n) is 7.96. The van der Waals surface area contributed by atoms with E-state index in [0.29, 0.717) is 12.1 Å². The summed E-state index contributed by atoms with van der Waals surface area (Å²) in [6.45, 7) is 16.8. The summed E-state index contributed by atoms with van der Waals surface area (Å²) < 4.78 is 0. The third kappa shape index (κ3) is 4.20. The van der Waals surface area contributed by atoms with E-state index in [1.165, 1.54) is 32.5 Å². The predicted molar refractivity (Wildman–Crippen MR) is 91.6 cm³/mol. The lowest BCUT2D eigenvalue weighted by Gasteiger charge is -2.47. The number of nitrogens with zero attached hydrogens (tertiary/aromatic N) is 2. The SMILES string of the molecule is CCNC1CC(C)CC(C)C1CN1CC(C)N(C)C(C)C1. The summed E-state index contributed by atoms with van der Waals surface area (Å²) in [4.78, 5) is 5.27. The van der Waals surface area contributed by atoms with Crippen LogP contribution in [0.4, 0.5) is 0 Å². The number of likely N-dealkylation sites (N-methyl/N-ethyl adjacent to an activating group) is 1. The first-order valence-corrected chi connectivity index (χ1v) is 9.10. The normalized spacial score (nSPS) is 43.1. The van der Waals surface area contributed by atoms with E-state index in [9.17, 15) is 0 Å². The minimum atomic E-state index is 0.684. The van der Waals surface area contributed by atoms with Gasteiger partial charge in [-0.1, -0.05) is 20.8 Å². The molecular formula is C18H37N3. The van der Waals surface area contributed by atoms with E-state index < -0.39 is 0 Å². The number of rotatable bonds is 4. The van der Waals surface area contributed by atoms with Crippen LogP contribution in [0.15, 0.2) is 0 Å². The molecule has 3 heteroatoms. The van der Waals surface area contributed by atoms with Crippen LogP contribution < -0.4 is 5.32 Å². The molecule has 0 radical (unpaired) electrons. The molecule has 0 amide bonds. The topological polar surface area (TPSA) is 18.5 Å². The molecule has 0 bridgehead atoms. The molecule has 2 aliphatic rings. The fraction of sp³-hybridized carbons (Fsp3) is 1.00. The van der Waals surface area contributed by atoms with Crippen molar-refractivity contribution < 1.29 is 0 Å². The Morgan fingerprint density at radius 1 is 1.00 bits per heavy atom. The highest BCUT2D eigenvalue weighted by atomic mass is 15.3. The number of hydrogen-bond acceptors (Lipinski definition) is 3. The Hall–Kier alpha value is -0.120. The fourth-order valence-corrected chi connectivity index (χ4v) is 4.68. The van der Waals surface area contributed by atoms with Gasteiger partial charge in [-0.3, -0.25) is 9.80 Å². The first-order chi connectivity index (χ1) is 9.92. The third-order valence-electron chi connectivity index (χ3n) is 6.05. The molecule has 21 heavy (non-hydrogen) atoms. The van der Waals surface area contributed by atoms with E-state index in [0.717, 1.165) is 30.3 Å². The summed E-state index contributed by atoms with van der Waals surface area (Å²) in [7, 11) is 2.28. The second-order valence-corrected chi connectivity index (χ2v) is 7.96. The van der Waals surface area contributed by atoms with Crippen LogP contribution in [0.1, 0.15) is 47.5 Å². The molecule has 0 aromatic carbocycles. The number of piperazine rings is 1. The Bertz CT molecular complexity index is 308. The zero-order valence-corrected chi connectivity index (χ0v) is 15.1. The molecule has 6 unspecified atom stereocenters. The Labute approximate surface area is 132 Å². The average molecular weight is 296 g/mol. The maximum Gasteiger partial charge on any atom is 0.0195 e. The summed E-state index contributed by atoms with van der Waals surface area (Å²) in [5.41, 5.74) is 0. The van der Waals surface area contributed by atoms with Crippen molar-refractivity contribution in [2.45, 2.75) is 65.6 Å². The average Bonchev–Trinajstić information content (AvgIpc) is 2.40. The van der Waals surface area contributed by atoms with E-state index in [4.69, 9.17) is 0 Å². The van der Waals surface area contributed by atoms with Gasteiger partial charge in [0.15, 0.2) is 0 Å². The molecule has 2 fully saturated rings. The van der Waals surface area contributed by atoms with Crippen LogP contribution in [0, 0.1) is 17.8 Å². The molecule has 1 aliphatic heterocycles. The van der Waals surface area contributed by atoms with Gasteiger partial charge in [0.2, 0.25) is 0 Å². The summed E-state index contributed by atoms with van der Waals surface area (Å²) in [6, 6.07) is 2.09. The third-order valence-corrected chi connectivity index (χ3v) is 6.05. The Kier molecular flexibility index (Phi) is 6.10. The van der Waals surface area contributed by atoms with Crippen LogP contribution in [0.5, 0.6) is 0 Å². The van der Waals surface area contributed by atoms with E-state index in [2.05, 4.69) is 56.8 Å². The Morgan fingerprint density at radius 3 is 2.19 bits per heavy atom. The molecule has 1 saturated heterocycles. The van der Waals surface area contributed by atoms with Crippen LogP contribution >= 0.6 is 0 Å². The van der Waals surface area contributed by atoms with E-state index in [-0.39, 0.29) is 0 Å². The van der Waals surface area contributed by atoms with E-state index in [1.807, 2.05) is 0 Å². The minimum absolute atomic E-state index is 0.684. The first-order valence-electron chi connectivity index (χ1n) is 9.10. The van der Waals surface area contributed by atoms with Crippen LogP contribution in [0.2, 0.25) is 0 Å². The summed E-state index contributed by atoms with van der Waals surface area (Å²) >= 11 is 0. The Balaban J connectivity index is 1.98. The molecular weight excluding hydrogens is 258 g/mol. The van der Waals surface area contributed by atoms with Gasteiger partial charge in [-0.05, 0) is 58.0 Å². The van der Waals surface area contributed by atoms with Crippen molar-refractivity contribution in [2.75, 3.05) is 33.2 Å². The molecule has 124 valence electrons. The lowest BCUT2D eigenvalue weighted by Crippen LogP contribution is -2.58. The molecule has 3 nitrogen and oxygen atoms in total. The molecule has 6 atom stereocenters. The quantitative estimate of drug-likeness (QED) is 0.860. The fourth-order valence-electron chi connectivity index (χ4n) is 4.68. The zero-order chi connectivity index (χ0) is 15.6. The molecule has 1 N–H and O–H groups in total. The smallest absolute Gasteiger partial charge is 0.0195 e. The standard InChI is InChI=1S/C18H37N3/c1-7-19-18-9-13(2)8-14(3)17(18)12-21-10-15(4)20(6)16(5)11-21/h13-19H,7-12H2,1-6H3. The highest BCUT2D eigenvalue weighted by Crippen LogP contribution is 2.34. The summed E-state index contributed by atoms with van der Waals surface area (Å²) in [6.07, 6.45) is 2.77. The van der Waals surface area contributed by atoms with Crippen LogP contribution in [0.25, 0.3) is 0 Å². The van der Waals surface area contributed by atoms with Gasteiger partial charge < -0.3 is 5.32 Å². The number of nitrogens with one attached hydrogen (secondary N) is 1. The molecule has 1 aliphatic carbocycles. The maximum absolute atomic E-state index is 3.78.